The number of nitrogen functional groups attached to an aromatic ring is 1. The van der Waals surface area contributed by atoms with E-state index in [4.69, 9.17) is 15.2 Å². The van der Waals surface area contributed by atoms with Gasteiger partial charge in [-0.2, -0.15) is 0 Å². The molecule has 1 heterocycles. The zero-order chi connectivity index (χ0) is 21.3. The number of carbonyl (C=O) groups is 2. The van der Waals surface area contributed by atoms with E-state index >= 15 is 0 Å². The molecule has 0 aliphatic carbocycles. The Morgan fingerprint density at radius 1 is 1.00 bits per heavy atom. The van der Waals surface area contributed by atoms with Crippen LogP contribution in [0.5, 0.6) is 5.75 Å². The lowest BCUT2D eigenvalue weighted by Gasteiger charge is -2.09. The number of ketones is 1. The van der Waals surface area contributed by atoms with Crippen molar-refractivity contribution in [1.29, 1.82) is 0 Å². The molecule has 2 aromatic carbocycles. The van der Waals surface area contributed by atoms with Gasteiger partial charge in [0.05, 0.1) is 19.0 Å². The Labute approximate surface area is 174 Å². The number of ether oxygens (including phenoxy) is 2. The van der Waals surface area contributed by atoms with Crippen molar-refractivity contribution in [1.82, 2.24) is 10.3 Å². The molecule has 154 valence electrons. The fraction of sp³-hybridized carbons (Fsp3) is 0.174. The molecule has 1 aromatic heterocycles. The first-order valence-electron chi connectivity index (χ1n) is 9.39. The first-order valence-corrected chi connectivity index (χ1v) is 9.39. The van der Waals surface area contributed by atoms with Crippen LogP contribution in [-0.4, -0.2) is 24.0 Å². The van der Waals surface area contributed by atoms with Crippen LogP contribution in [0.25, 0.3) is 0 Å². The summed E-state index contributed by atoms with van der Waals surface area (Å²) in [5, 5.41) is 2.69. The molecule has 7 nitrogen and oxygen atoms in total. The lowest BCUT2D eigenvalue weighted by atomic mass is 10.0. The van der Waals surface area contributed by atoms with E-state index < -0.39 is 6.09 Å². The topological polar surface area (TPSA) is 104 Å². The molecular weight excluding hydrogens is 382 g/mol. The smallest absolute Gasteiger partial charge is 0.407 e. The Hall–Kier alpha value is -3.87. The molecule has 0 aliphatic heterocycles. The second kappa shape index (κ2) is 10.1. The van der Waals surface area contributed by atoms with Crippen LogP contribution in [0.2, 0.25) is 0 Å². The number of amides is 1. The molecule has 3 N–H and O–H groups in total. The highest BCUT2D eigenvalue weighted by Crippen LogP contribution is 2.14. The highest BCUT2D eigenvalue weighted by atomic mass is 16.5. The standard InChI is InChI=1S/C23H23N3O4/c1-29-20-8-4-17(5-9-20)15-30-23(28)26-13-16-2-6-18(7-3-16)22(27)12-19-10-11-25-14-21(19)24/h2-11,14H,12-13,15,24H2,1H3,(H,26,28). The zero-order valence-electron chi connectivity index (χ0n) is 16.6. The number of benzene rings is 2. The van der Waals surface area contributed by atoms with Crippen molar-refractivity contribution < 1.29 is 19.1 Å². The lowest BCUT2D eigenvalue weighted by molar-refractivity contribution is 0.0993. The number of alkyl carbamates (subject to hydrolysis) is 1. The van der Waals surface area contributed by atoms with Crippen molar-refractivity contribution in [3.63, 3.8) is 0 Å². The van der Waals surface area contributed by atoms with Gasteiger partial charge in [-0.3, -0.25) is 9.78 Å². The molecule has 0 fully saturated rings. The summed E-state index contributed by atoms with van der Waals surface area (Å²) in [7, 11) is 1.60. The molecule has 0 radical (unpaired) electrons. The first kappa shape index (κ1) is 20.9. The molecule has 0 aliphatic rings. The summed E-state index contributed by atoms with van der Waals surface area (Å²) in [6.07, 6.45) is 2.84. The second-order valence-electron chi connectivity index (χ2n) is 6.65. The second-order valence-corrected chi connectivity index (χ2v) is 6.65. The Morgan fingerprint density at radius 3 is 2.37 bits per heavy atom. The van der Waals surface area contributed by atoms with Crippen LogP contribution in [-0.2, 0) is 24.3 Å². The summed E-state index contributed by atoms with van der Waals surface area (Å²) in [6.45, 7) is 0.467. The van der Waals surface area contributed by atoms with Gasteiger partial charge >= 0.3 is 6.09 Å². The number of hydrogen-bond donors (Lipinski definition) is 2. The molecule has 0 saturated heterocycles. The maximum absolute atomic E-state index is 12.4. The third-order valence-corrected chi connectivity index (χ3v) is 4.54. The van der Waals surface area contributed by atoms with Gasteiger partial charge in [-0.1, -0.05) is 36.4 Å². The van der Waals surface area contributed by atoms with Crippen LogP contribution in [0.1, 0.15) is 27.0 Å². The van der Waals surface area contributed by atoms with Crippen molar-refractivity contribution in [2.24, 2.45) is 0 Å². The summed E-state index contributed by atoms with van der Waals surface area (Å²) in [4.78, 5) is 28.2. The maximum Gasteiger partial charge on any atom is 0.407 e. The highest BCUT2D eigenvalue weighted by molar-refractivity contribution is 5.98. The van der Waals surface area contributed by atoms with Crippen LogP contribution >= 0.6 is 0 Å². The third-order valence-electron chi connectivity index (χ3n) is 4.54. The Kier molecular flexibility index (Phi) is 7.00. The van der Waals surface area contributed by atoms with E-state index in [0.29, 0.717) is 17.8 Å². The predicted octanol–water partition coefficient (Wildman–Crippen LogP) is 3.52. The zero-order valence-corrected chi connectivity index (χ0v) is 16.6. The molecule has 30 heavy (non-hydrogen) atoms. The molecule has 3 rings (SSSR count). The number of aromatic nitrogens is 1. The summed E-state index contributed by atoms with van der Waals surface area (Å²) in [5.74, 6) is 0.709. The average Bonchev–Trinajstić information content (AvgIpc) is 2.78. The maximum atomic E-state index is 12.4. The van der Waals surface area contributed by atoms with Crippen molar-refractivity contribution >= 4 is 17.6 Å². The Balaban J connectivity index is 1.46. The lowest BCUT2D eigenvalue weighted by Crippen LogP contribution is -2.23. The summed E-state index contributed by atoms with van der Waals surface area (Å²) in [5.41, 5.74) is 9.39. The Morgan fingerprint density at radius 2 is 1.70 bits per heavy atom. The minimum absolute atomic E-state index is 0.0358. The molecule has 1 amide bonds. The molecular formula is C23H23N3O4. The number of nitrogens with two attached hydrogens (primary N) is 1. The van der Waals surface area contributed by atoms with Crippen LogP contribution in [0.3, 0.4) is 0 Å². The predicted molar refractivity (Wildman–Crippen MR) is 113 cm³/mol. The van der Waals surface area contributed by atoms with Crippen molar-refractivity contribution in [3.05, 3.63) is 89.2 Å². The highest BCUT2D eigenvalue weighted by Gasteiger charge is 2.10. The van der Waals surface area contributed by atoms with Crippen molar-refractivity contribution in [3.8, 4) is 5.75 Å². The number of methoxy groups -OCH3 is 1. The number of pyridine rings is 1. The van der Waals surface area contributed by atoms with Gasteiger partial charge in [-0.25, -0.2) is 4.79 Å². The largest absolute Gasteiger partial charge is 0.497 e. The molecule has 0 unspecified atom stereocenters. The number of Topliss-reactive ketones (excluding diaryl/α,β-unsaturated/α-hetero) is 1. The number of rotatable bonds is 8. The monoisotopic (exact) mass is 405 g/mol. The number of anilines is 1. The summed E-state index contributed by atoms with van der Waals surface area (Å²) in [6, 6.07) is 16.1. The quantitative estimate of drug-likeness (QED) is 0.556. The fourth-order valence-corrected chi connectivity index (χ4v) is 2.78. The van der Waals surface area contributed by atoms with Gasteiger partial charge in [0.1, 0.15) is 12.4 Å². The minimum Gasteiger partial charge on any atom is -0.497 e. The van der Waals surface area contributed by atoms with E-state index in [2.05, 4.69) is 10.3 Å². The normalized spacial score (nSPS) is 10.3. The fourth-order valence-electron chi connectivity index (χ4n) is 2.78. The molecule has 0 saturated carbocycles. The van der Waals surface area contributed by atoms with E-state index in [9.17, 15) is 9.59 Å². The molecule has 3 aromatic rings. The van der Waals surface area contributed by atoms with Crippen LogP contribution in [0, 0.1) is 0 Å². The number of hydrogen-bond acceptors (Lipinski definition) is 6. The summed E-state index contributed by atoms with van der Waals surface area (Å²) >= 11 is 0. The number of carbonyl (C=O) groups excluding carboxylic acids is 2. The van der Waals surface area contributed by atoms with Gasteiger partial charge in [0.25, 0.3) is 0 Å². The third kappa shape index (κ3) is 5.81. The van der Waals surface area contributed by atoms with Gasteiger partial charge in [0.2, 0.25) is 0 Å². The number of nitrogens with one attached hydrogen (secondary N) is 1. The Bertz CT molecular complexity index is 1000. The van der Waals surface area contributed by atoms with E-state index in [1.54, 1.807) is 43.6 Å². The number of nitrogens with zero attached hydrogens (tertiary/aromatic N) is 1. The van der Waals surface area contributed by atoms with Crippen LogP contribution in [0.4, 0.5) is 10.5 Å². The van der Waals surface area contributed by atoms with Crippen molar-refractivity contribution in [2.45, 2.75) is 19.6 Å². The SMILES string of the molecule is COc1ccc(COC(=O)NCc2ccc(C(=O)Cc3ccncc3N)cc2)cc1. The van der Waals surface area contributed by atoms with E-state index in [0.717, 1.165) is 22.4 Å². The molecule has 0 atom stereocenters. The van der Waals surface area contributed by atoms with Gasteiger partial charge in [-0.15, -0.1) is 0 Å². The summed E-state index contributed by atoms with van der Waals surface area (Å²) < 4.78 is 10.3. The van der Waals surface area contributed by atoms with E-state index in [1.807, 2.05) is 24.3 Å². The van der Waals surface area contributed by atoms with Crippen molar-refractivity contribution in [2.75, 3.05) is 12.8 Å². The van der Waals surface area contributed by atoms with Gasteiger partial charge in [0, 0.05) is 24.7 Å². The van der Waals surface area contributed by atoms with E-state index in [-0.39, 0.29) is 18.8 Å². The molecule has 0 bridgehead atoms. The van der Waals surface area contributed by atoms with Crippen LogP contribution in [0.15, 0.2) is 67.0 Å². The molecule has 0 spiro atoms. The van der Waals surface area contributed by atoms with Gasteiger partial charge < -0.3 is 20.5 Å². The first-order chi connectivity index (χ1) is 14.5. The minimum atomic E-state index is -0.515. The van der Waals surface area contributed by atoms with E-state index in [1.165, 1.54) is 6.20 Å². The average molecular weight is 405 g/mol. The van der Waals surface area contributed by atoms with Crippen LogP contribution < -0.4 is 15.8 Å². The molecule has 7 heteroatoms. The van der Waals surface area contributed by atoms with Gasteiger partial charge in [-0.05, 0) is 34.9 Å². The van der Waals surface area contributed by atoms with Gasteiger partial charge in [0.15, 0.2) is 5.78 Å².